The van der Waals surface area contributed by atoms with Crippen LogP contribution in [0.2, 0.25) is 0 Å². The average Bonchev–Trinajstić information content (AvgIpc) is 0.867. The third-order valence-electron chi connectivity index (χ3n) is 20.4. The summed E-state index contributed by atoms with van der Waals surface area (Å²) in [5.41, 5.74) is 24.6. The van der Waals surface area contributed by atoms with E-state index in [1.54, 1.807) is 0 Å². The second-order valence-corrected chi connectivity index (χ2v) is 33.7. The fourth-order valence-electron chi connectivity index (χ4n) is 13.4. The third kappa shape index (κ3) is 62.6. The number of hydrogen-bond donors (Lipinski definition) is 10. The van der Waals surface area contributed by atoms with Crippen LogP contribution in [0.25, 0.3) is 0 Å². The van der Waals surface area contributed by atoms with Gasteiger partial charge >= 0.3 is 11.9 Å². The van der Waals surface area contributed by atoms with E-state index < -0.39 is 65.1 Å². The van der Waals surface area contributed by atoms with E-state index >= 15 is 0 Å². The third-order valence-corrected chi connectivity index (χ3v) is 23.4. The molecule has 0 heterocycles. The van der Waals surface area contributed by atoms with Crippen LogP contribution in [0, 0.1) is 0 Å². The monoisotopic (exact) mass is 1620 g/mol. The Kier molecular flexibility index (Phi) is 72.6. The molecule has 0 aliphatic carbocycles. The zero-order valence-corrected chi connectivity index (χ0v) is 72.4. The van der Waals surface area contributed by atoms with E-state index in [9.17, 15) is 43.2 Å². The van der Waals surface area contributed by atoms with Gasteiger partial charge in [-0.2, -0.15) is 11.8 Å². The first-order valence-corrected chi connectivity index (χ1v) is 47.5. The number of rotatable bonds is 80. The molecule has 14 N–H and O–H groups in total. The number of thioether (sulfide) groups is 2. The van der Waals surface area contributed by atoms with Crippen molar-refractivity contribution in [2.45, 2.75) is 410 Å². The molecule has 0 radical (unpaired) electrons. The average molecular weight is 1620 g/mol. The number of carbonyl (C=O) groups is 9. The summed E-state index contributed by atoms with van der Waals surface area (Å²) in [6.07, 6.45) is 50.6. The van der Waals surface area contributed by atoms with Crippen molar-refractivity contribution in [3.05, 3.63) is 35.9 Å². The summed E-state index contributed by atoms with van der Waals surface area (Å²) in [6, 6.07) is 4.07. The van der Waals surface area contributed by atoms with Crippen LogP contribution < -0.4 is 54.2 Å². The lowest BCUT2D eigenvalue weighted by Gasteiger charge is -2.27. The first-order chi connectivity index (χ1) is 54.2. The van der Waals surface area contributed by atoms with Crippen molar-refractivity contribution in [1.29, 1.82) is 0 Å². The van der Waals surface area contributed by atoms with Gasteiger partial charge in [-0.1, -0.05) is 300 Å². The van der Waals surface area contributed by atoms with Gasteiger partial charge in [0.1, 0.15) is 36.9 Å². The smallest absolute Gasteiger partial charge is 0.306 e. The van der Waals surface area contributed by atoms with Crippen LogP contribution in [-0.2, 0) is 58.4 Å². The molecule has 24 heteroatoms. The summed E-state index contributed by atoms with van der Waals surface area (Å²) in [5.74, 6) is -2.71. The lowest BCUT2D eigenvalue weighted by Crippen LogP contribution is -2.58. The Balaban J connectivity index is 3.43. The molecule has 0 unspecified atom stereocenters. The number of carbonyl (C=O) groups excluding carboxylic acids is 9. The highest BCUT2D eigenvalue weighted by Gasteiger charge is 2.33. The Labute approximate surface area is 686 Å². The molecule has 0 bridgehead atoms. The first-order valence-electron chi connectivity index (χ1n) is 44.5. The molecule has 1 aromatic rings. The van der Waals surface area contributed by atoms with Crippen LogP contribution in [0.15, 0.2) is 30.3 Å². The van der Waals surface area contributed by atoms with Gasteiger partial charge in [0.25, 0.3) is 0 Å². The number of esters is 2. The molecule has 0 saturated heterocycles. The molecule has 0 aromatic heterocycles. The van der Waals surface area contributed by atoms with E-state index in [-0.39, 0.29) is 92.6 Å². The van der Waals surface area contributed by atoms with Gasteiger partial charge in [0.2, 0.25) is 39.8 Å². The summed E-state index contributed by atoms with van der Waals surface area (Å²) in [7, 11) is 0. The molecule has 0 aliphatic rings. The molecule has 642 valence electrons. The van der Waals surface area contributed by atoms with Gasteiger partial charge < -0.3 is 59.0 Å². The number of nitrogens with one attached hydrogen (secondary N) is 6. The molecule has 1 aromatic carbocycles. The predicted molar refractivity (Wildman–Crippen MR) is 464 cm³/mol. The normalized spacial score (nSPS) is 13.0. The molecule has 0 saturated carbocycles. The van der Waals surface area contributed by atoms with Crippen molar-refractivity contribution in [1.82, 2.24) is 31.3 Å². The number of ether oxygens (including phenoxy) is 2. The van der Waals surface area contributed by atoms with E-state index in [0.717, 1.165) is 81.5 Å². The summed E-state index contributed by atoms with van der Waals surface area (Å²) in [6.45, 7) is 7.70. The SMILES string of the molecule is CCCCCCCCCCCCCCCC(=O)N[C@@H](CSC[C@H](COC(=O)CCCCCCCCCCCCCCC)OC(=O)CCCCCCCCCCCCCCC)C(=O)SN[C@@H](CCCCN)C(=O)N[C@@H](CCCCN)C(=O)N[C@@H](CCCCN)C(=O)N[C@@H](CCCCN)C(=O)NCC(=O)SCc1ccccc1. The molecule has 6 atom stereocenters. The maximum absolute atomic E-state index is 14.7. The second kappa shape index (κ2) is 77.0. The standard InChI is InChI=1S/C87H160N10O11S3/c1-4-7-10-13-16-19-22-25-28-31-34-37-43-60-79(98)93-78(71-109-70-73(108-81(100)62-45-39-36-33-30-27-24-21-18-15-12-9-6-3)68-107-80(99)61-44-38-35-32-29-26-23-20-17-14-11-8-5-2)87(106)111-97-77(59-49-53-66-91)86(105)96-76(58-48-52-65-90)85(104)95-75(57-47-51-64-89)84(103)94-74(56-46-50-63-88)83(102)92-67-82(101)110-69-72-54-41-40-42-55-72/h40-42,54-55,73-78,97H,4-39,43-53,56-71,88-91H2,1-3H3,(H,92,102)(H,93,98)(H,94,103)(H,95,104)(H,96,105)/t73-,74-,75-,76-,77-,78-/m0/s1. The van der Waals surface area contributed by atoms with E-state index in [0.29, 0.717) is 115 Å². The predicted octanol–water partition coefficient (Wildman–Crippen LogP) is 16.8. The Bertz CT molecular complexity index is 2480. The van der Waals surface area contributed by atoms with Crippen molar-refractivity contribution < 1.29 is 52.6 Å². The first kappa shape index (κ1) is 105. The summed E-state index contributed by atoms with van der Waals surface area (Å²) >= 11 is 3.08. The van der Waals surface area contributed by atoms with Crippen LogP contribution >= 0.6 is 35.5 Å². The molecule has 1 rings (SSSR count). The van der Waals surface area contributed by atoms with Crippen LogP contribution in [0.5, 0.6) is 0 Å². The maximum atomic E-state index is 14.7. The lowest BCUT2D eigenvalue weighted by atomic mass is 10.0. The maximum Gasteiger partial charge on any atom is 0.306 e. The largest absolute Gasteiger partial charge is 0.462 e. The minimum atomic E-state index is -1.15. The topological polar surface area (TPSA) is 348 Å². The summed E-state index contributed by atoms with van der Waals surface area (Å²) in [5, 5.41) is 13.6. The minimum absolute atomic E-state index is 0.0816. The van der Waals surface area contributed by atoms with Crippen LogP contribution in [0.4, 0.5) is 0 Å². The van der Waals surface area contributed by atoms with Gasteiger partial charge in [0.05, 0.1) is 12.6 Å². The minimum Gasteiger partial charge on any atom is -0.462 e. The van der Waals surface area contributed by atoms with Gasteiger partial charge in [0, 0.05) is 36.5 Å². The van der Waals surface area contributed by atoms with E-state index in [4.69, 9.17) is 32.4 Å². The Morgan fingerprint density at radius 2 is 0.721 bits per heavy atom. The molecule has 0 spiro atoms. The van der Waals surface area contributed by atoms with E-state index in [2.05, 4.69) is 52.1 Å². The molecular formula is C87H160N10O11S3. The lowest BCUT2D eigenvalue weighted by molar-refractivity contribution is -0.157. The highest BCUT2D eigenvalue weighted by molar-refractivity contribution is 8.13. The number of benzene rings is 1. The zero-order valence-electron chi connectivity index (χ0n) is 69.9. The van der Waals surface area contributed by atoms with E-state index in [1.165, 1.54) is 179 Å². The van der Waals surface area contributed by atoms with Crippen LogP contribution in [-0.4, -0.2) is 139 Å². The molecule has 5 amide bonds. The molecule has 0 aliphatic heterocycles. The van der Waals surface area contributed by atoms with E-state index in [1.807, 2.05) is 30.3 Å². The Hall–Kier alpha value is -4.30. The zero-order chi connectivity index (χ0) is 81.1. The van der Waals surface area contributed by atoms with Crippen LogP contribution in [0.3, 0.4) is 0 Å². The number of hydrogen-bond acceptors (Lipinski definition) is 19. The van der Waals surface area contributed by atoms with Gasteiger partial charge in [-0.05, 0) is 134 Å². The van der Waals surface area contributed by atoms with Gasteiger partial charge in [-0.25, -0.2) is 4.72 Å². The fraction of sp³-hybridized carbons (Fsp3) is 0.828. The van der Waals surface area contributed by atoms with Gasteiger partial charge in [-0.15, -0.1) is 0 Å². The molecule has 21 nitrogen and oxygen atoms in total. The van der Waals surface area contributed by atoms with Crippen LogP contribution in [0.1, 0.15) is 373 Å². The number of unbranched alkanes of at least 4 members (excludes halogenated alkanes) is 40. The quantitative estimate of drug-likeness (QED) is 0.0164. The fourth-order valence-corrected chi connectivity index (χ4v) is 16.0. The van der Waals surface area contributed by atoms with Gasteiger partial charge in [0.15, 0.2) is 0 Å². The van der Waals surface area contributed by atoms with Crippen molar-refractivity contribution in [2.24, 2.45) is 22.9 Å². The van der Waals surface area contributed by atoms with Gasteiger partial charge in [-0.3, -0.25) is 43.2 Å². The van der Waals surface area contributed by atoms with Crippen molar-refractivity contribution in [3.63, 3.8) is 0 Å². The molecule has 0 fully saturated rings. The second-order valence-electron chi connectivity index (χ2n) is 30.7. The number of nitrogens with two attached hydrogens (primary N) is 4. The number of amides is 5. The van der Waals surface area contributed by atoms with Crippen molar-refractivity contribution in [2.75, 3.05) is 50.8 Å². The van der Waals surface area contributed by atoms with Crippen molar-refractivity contribution in [3.8, 4) is 0 Å². The summed E-state index contributed by atoms with van der Waals surface area (Å²) in [4.78, 5) is 126. The highest BCUT2D eigenvalue weighted by Crippen LogP contribution is 2.22. The highest BCUT2D eigenvalue weighted by atomic mass is 32.2. The Morgan fingerprint density at radius 3 is 1.12 bits per heavy atom. The van der Waals surface area contributed by atoms with Crippen molar-refractivity contribution >= 4 is 87.2 Å². The Morgan fingerprint density at radius 1 is 0.369 bits per heavy atom. The summed E-state index contributed by atoms with van der Waals surface area (Å²) < 4.78 is 15.0. The molecule has 111 heavy (non-hydrogen) atoms. The molecular weight excluding hydrogens is 1460 g/mol.